The largest absolute Gasteiger partial charge is 0.486 e. The first-order valence-corrected chi connectivity index (χ1v) is 9.97. The number of hydrogen-bond acceptors (Lipinski definition) is 4. The molecule has 2 aromatic carbocycles. The normalized spacial score (nSPS) is 17.9. The molecule has 2 aliphatic heterocycles. The van der Waals surface area contributed by atoms with Crippen LogP contribution in [0.3, 0.4) is 0 Å². The van der Waals surface area contributed by atoms with E-state index in [0.717, 1.165) is 18.5 Å². The lowest BCUT2D eigenvalue weighted by Crippen LogP contribution is -2.43. The second-order valence-electron chi connectivity index (χ2n) is 7.22. The van der Waals surface area contributed by atoms with Crippen molar-refractivity contribution in [1.29, 1.82) is 0 Å². The van der Waals surface area contributed by atoms with Crippen LogP contribution in [0.25, 0.3) is 0 Å². The quantitative estimate of drug-likeness (QED) is 0.737. The summed E-state index contributed by atoms with van der Waals surface area (Å²) in [5.74, 6) is 1.32. The highest BCUT2D eigenvalue weighted by Gasteiger charge is 2.32. The van der Waals surface area contributed by atoms with Crippen LogP contribution >= 0.6 is 0 Å². The maximum absolute atomic E-state index is 12.4. The van der Waals surface area contributed by atoms with Crippen molar-refractivity contribution in [3.8, 4) is 11.5 Å². The van der Waals surface area contributed by atoms with Gasteiger partial charge in [-0.2, -0.15) is 0 Å². The van der Waals surface area contributed by atoms with E-state index in [9.17, 15) is 9.59 Å². The highest BCUT2D eigenvalue weighted by atomic mass is 16.6. The van der Waals surface area contributed by atoms with E-state index >= 15 is 0 Å². The van der Waals surface area contributed by atoms with Crippen LogP contribution in [0.2, 0.25) is 0 Å². The van der Waals surface area contributed by atoms with Crippen LogP contribution in [-0.4, -0.2) is 44.3 Å². The first kappa shape index (κ1) is 19.1. The molecule has 7 heteroatoms. The molecule has 152 valence electrons. The lowest BCUT2D eigenvalue weighted by molar-refractivity contribution is -0.117. The molecule has 0 saturated carbocycles. The number of nitrogens with zero attached hydrogens (tertiary/aromatic N) is 1. The average Bonchev–Trinajstić information content (AvgIpc) is 3.11. The van der Waals surface area contributed by atoms with Crippen LogP contribution in [0, 0.1) is 0 Å². The van der Waals surface area contributed by atoms with Gasteiger partial charge in [-0.25, -0.2) is 4.79 Å². The lowest BCUT2D eigenvalue weighted by Gasteiger charge is -2.22. The van der Waals surface area contributed by atoms with Crippen LogP contribution in [0.5, 0.6) is 11.5 Å². The molecule has 0 spiro atoms. The summed E-state index contributed by atoms with van der Waals surface area (Å²) < 4.78 is 11.1. The third kappa shape index (κ3) is 4.80. The Morgan fingerprint density at radius 1 is 1.07 bits per heavy atom. The summed E-state index contributed by atoms with van der Waals surface area (Å²) in [6, 6.07) is 15.2. The van der Waals surface area contributed by atoms with Crippen molar-refractivity contribution >= 4 is 17.6 Å². The topological polar surface area (TPSA) is 79.9 Å². The molecule has 29 heavy (non-hydrogen) atoms. The van der Waals surface area contributed by atoms with E-state index in [1.165, 1.54) is 5.56 Å². The summed E-state index contributed by atoms with van der Waals surface area (Å²) in [7, 11) is 0. The van der Waals surface area contributed by atoms with Crippen LogP contribution in [0.15, 0.2) is 48.5 Å². The SMILES string of the molecule is O=C(NCCCc1ccccc1)NC1CC(=O)N(c2ccc3c(c2)OCCO3)C1. The number of carbonyl (C=O) groups is 2. The number of urea groups is 1. The Bertz CT molecular complexity index is 872. The maximum Gasteiger partial charge on any atom is 0.315 e. The Kier molecular flexibility index (Phi) is 5.84. The smallest absolute Gasteiger partial charge is 0.315 e. The summed E-state index contributed by atoms with van der Waals surface area (Å²) in [5, 5.41) is 5.78. The van der Waals surface area contributed by atoms with E-state index in [0.29, 0.717) is 37.8 Å². The second-order valence-corrected chi connectivity index (χ2v) is 7.22. The van der Waals surface area contributed by atoms with Crippen LogP contribution < -0.4 is 25.0 Å². The minimum absolute atomic E-state index is 0.0175. The van der Waals surface area contributed by atoms with E-state index in [2.05, 4.69) is 22.8 Å². The predicted molar refractivity (Wildman–Crippen MR) is 109 cm³/mol. The van der Waals surface area contributed by atoms with Gasteiger partial charge in [0.15, 0.2) is 11.5 Å². The Hall–Kier alpha value is -3.22. The zero-order valence-electron chi connectivity index (χ0n) is 16.2. The van der Waals surface area contributed by atoms with Crippen molar-refractivity contribution in [2.75, 3.05) is 31.2 Å². The average molecular weight is 395 g/mol. The summed E-state index contributed by atoms with van der Waals surface area (Å²) >= 11 is 0. The third-order valence-electron chi connectivity index (χ3n) is 5.07. The highest BCUT2D eigenvalue weighted by Crippen LogP contribution is 2.35. The standard InChI is InChI=1S/C22H25N3O4/c26-21-13-17(24-22(27)23-10-4-7-16-5-2-1-3-6-16)15-25(21)18-8-9-19-20(14-18)29-12-11-28-19/h1-3,5-6,8-9,14,17H,4,7,10-13,15H2,(H2,23,24,27). The molecule has 0 bridgehead atoms. The molecule has 0 aliphatic carbocycles. The number of aryl methyl sites for hydroxylation is 1. The molecule has 1 unspecified atom stereocenters. The molecule has 0 radical (unpaired) electrons. The number of fused-ring (bicyclic) bond motifs is 1. The molecule has 1 saturated heterocycles. The van der Waals surface area contributed by atoms with Crippen molar-refractivity contribution in [2.24, 2.45) is 0 Å². The van der Waals surface area contributed by atoms with Gasteiger partial charge in [0, 0.05) is 31.3 Å². The fraction of sp³-hybridized carbons (Fsp3) is 0.364. The fourth-order valence-corrected chi connectivity index (χ4v) is 3.63. The van der Waals surface area contributed by atoms with E-state index in [1.54, 1.807) is 4.90 Å². The zero-order valence-corrected chi connectivity index (χ0v) is 16.2. The van der Waals surface area contributed by atoms with Crippen LogP contribution in [-0.2, 0) is 11.2 Å². The first-order valence-electron chi connectivity index (χ1n) is 9.97. The van der Waals surface area contributed by atoms with Gasteiger partial charge in [0.1, 0.15) is 13.2 Å². The zero-order chi connectivity index (χ0) is 20.1. The van der Waals surface area contributed by atoms with Gasteiger partial charge in [-0.05, 0) is 30.5 Å². The van der Waals surface area contributed by atoms with Crippen LogP contribution in [0.4, 0.5) is 10.5 Å². The number of anilines is 1. The van der Waals surface area contributed by atoms with Crippen molar-refractivity contribution in [3.05, 3.63) is 54.1 Å². The van der Waals surface area contributed by atoms with Crippen LogP contribution in [0.1, 0.15) is 18.4 Å². The summed E-state index contributed by atoms with van der Waals surface area (Å²) in [6.45, 7) is 2.06. The first-order chi connectivity index (χ1) is 14.2. The number of hydrogen-bond donors (Lipinski definition) is 2. The van der Waals surface area contributed by atoms with Gasteiger partial charge < -0.3 is 25.0 Å². The molecule has 2 aromatic rings. The van der Waals surface area contributed by atoms with Gasteiger partial charge in [-0.3, -0.25) is 4.79 Å². The number of carbonyl (C=O) groups excluding carboxylic acids is 2. The molecule has 2 N–H and O–H groups in total. The van der Waals surface area contributed by atoms with E-state index in [-0.39, 0.29) is 24.4 Å². The maximum atomic E-state index is 12.4. The fourth-order valence-electron chi connectivity index (χ4n) is 3.63. The van der Waals surface area contributed by atoms with Gasteiger partial charge in [0.2, 0.25) is 5.91 Å². The number of rotatable bonds is 6. The Morgan fingerprint density at radius 3 is 2.69 bits per heavy atom. The summed E-state index contributed by atoms with van der Waals surface area (Å²) in [4.78, 5) is 26.3. The molecule has 2 heterocycles. The summed E-state index contributed by atoms with van der Waals surface area (Å²) in [6.07, 6.45) is 2.07. The molecular weight excluding hydrogens is 370 g/mol. The van der Waals surface area contributed by atoms with E-state index in [4.69, 9.17) is 9.47 Å². The van der Waals surface area contributed by atoms with Gasteiger partial charge in [0.05, 0.1) is 6.04 Å². The molecule has 4 rings (SSSR count). The van der Waals surface area contributed by atoms with Crippen molar-refractivity contribution in [3.63, 3.8) is 0 Å². The monoisotopic (exact) mass is 395 g/mol. The third-order valence-corrected chi connectivity index (χ3v) is 5.07. The molecule has 7 nitrogen and oxygen atoms in total. The molecular formula is C22H25N3O4. The molecule has 0 aromatic heterocycles. The molecule has 2 aliphatic rings. The molecule has 1 fully saturated rings. The lowest BCUT2D eigenvalue weighted by atomic mass is 10.1. The Morgan fingerprint density at radius 2 is 1.86 bits per heavy atom. The minimum atomic E-state index is -0.236. The van der Waals surface area contributed by atoms with Gasteiger partial charge in [0.25, 0.3) is 0 Å². The minimum Gasteiger partial charge on any atom is -0.486 e. The van der Waals surface area contributed by atoms with Crippen molar-refractivity contribution < 1.29 is 19.1 Å². The number of benzene rings is 2. The van der Waals surface area contributed by atoms with Gasteiger partial charge in [-0.15, -0.1) is 0 Å². The van der Waals surface area contributed by atoms with E-state index < -0.39 is 0 Å². The number of ether oxygens (including phenoxy) is 2. The Balaban J connectivity index is 1.24. The van der Waals surface area contributed by atoms with E-state index in [1.807, 2.05) is 36.4 Å². The Labute approximate surface area is 170 Å². The number of nitrogens with one attached hydrogen (secondary N) is 2. The highest BCUT2D eigenvalue weighted by molar-refractivity contribution is 5.97. The van der Waals surface area contributed by atoms with Crippen molar-refractivity contribution in [1.82, 2.24) is 10.6 Å². The molecule has 3 amide bonds. The van der Waals surface area contributed by atoms with Gasteiger partial charge in [-0.1, -0.05) is 30.3 Å². The second kappa shape index (κ2) is 8.86. The van der Waals surface area contributed by atoms with Gasteiger partial charge >= 0.3 is 6.03 Å². The van der Waals surface area contributed by atoms with Crippen molar-refractivity contribution in [2.45, 2.75) is 25.3 Å². The predicted octanol–water partition coefficient (Wildman–Crippen LogP) is 2.50. The summed E-state index contributed by atoms with van der Waals surface area (Å²) in [5.41, 5.74) is 2.01. The number of amides is 3. The molecule has 1 atom stereocenters.